The second-order valence-corrected chi connectivity index (χ2v) is 10.6. The van der Waals surface area contributed by atoms with Crippen molar-refractivity contribution in [3.63, 3.8) is 0 Å². The second-order valence-electron chi connectivity index (χ2n) is 10.6. The molecule has 2 aliphatic rings. The Morgan fingerprint density at radius 2 is 1.43 bits per heavy atom. The summed E-state index contributed by atoms with van der Waals surface area (Å²) in [6.07, 6.45) is 4.75. The van der Waals surface area contributed by atoms with Gasteiger partial charge < -0.3 is 9.47 Å². The number of hydrogen-bond donors (Lipinski definition) is 0. The predicted molar refractivity (Wildman–Crippen MR) is 153 cm³/mol. The third kappa shape index (κ3) is 4.00. The molecule has 0 spiro atoms. The van der Waals surface area contributed by atoms with E-state index in [9.17, 15) is 0 Å². The molecular formula is C32H32BN2O2+. The van der Waals surface area contributed by atoms with E-state index in [-0.39, 0.29) is 6.71 Å². The van der Waals surface area contributed by atoms with Crippen LogP contribution in [0.2, 0.25) is 0 Å². The Hall–Kier alpha value is -3.96. The molecule has 5 heteroatoms. The molecule has 2 heterocycles. The standard InChI is InChI=1S/C32H32BN2O2/c1-22-12-6-9-15-29(22)36-30-16-10-7-13-25(30)33-26-14-8-11-17-31(26)37-32-20-23(2)28(21-27(32)33)34-18-19-35(4,5)24(34)3/h6-21,24H,1-5H3/q+1/t24-/m1/s1. The van der Waals surface area contributed by atoms with E-state index in [2.05, 4.69) is 107 Å². The smallest absolute Gasteiger partial charge is 0.255 e. The van der Waals surface area contributed by atoms with Gasteiger partial charge >= 0.3 is 0 Å². The van der Waals surface area contributed by atoms with Crippen molar-refractivity contribution in [2.45, 2.75) is 26.9 Å². The number of para-hydroxylation sites is 3. The summed E-state index contributed by atoms with van der Waals surface area (Å²) in [7, 11) is 4.46. The highest BCUT2D eigenvalue weighted by Crippen LogP contribution is 2.35. The third-order valence-electron chi connectivity index (χ3n) is 7.89. The zero-order valence-electron chi connectivity index (χ0n) is 22.1. The number of aryl methyl sites for hydroxylation is 2. The SMILES string of the molecule is Cc1ccccc1Oc1ccccc1B1c2ccccc2Oc2cc(C)c(N3C=C[N+](C)(C)[C@@H]3C)cc21. The number of ether oxygens (including phenoxy) is 2. The van der Waals surface area contributed by atoms with Crippen molar-refractivity contribution in [1.82, 2.24) is 0 Å². The molecule has 0 fully saturated rings. The minimum Gasteiger partial charge on any atom is -0.458 e. The monoisotopic (exact) mass is 487 g/mol. The topological polar surface area (TPSA) is 21.7 Å². The van der Waals surface area contributed by atoms with Gasteiger partial charge in [-0.05, 0) is 71.7 Å². The fourth-order valence-electron chi connectivity index (χ4n) is 5.41. The molecule has 0 aliphatic carbocycles. The van der Waals surface area contributed by atoms with E-state index in [0.29, 0.717) is 6.17 Å². The van der Waals surface area contributed by atoms with Crippen molar-refractivity contribution >= 4 is 28.8 Å². The molecule has 0 amide bonds. The molecule has 0 radical (unpaired) electrons. The average Bonchev–Trinajstić information content (AvgIpc) is 3.16. The maximum absolute atomic E-state index is 6.56. The van der Waals surface area contributed by atoms with Crippen LogP contribution in [0.15, 0.2) is 97.3 Å². The Morgan fingerprint density at radius 1 is 0.757 bits per heavy atom. The van der Waals surface area contributed by atoms with Gasteiger partial charge in [0.05, 0.1) is 20.3 Å². The largest absolute Gasteiger partial charge is 0.458 e. The van der Waals surface area contributed by atoms with Crippen molar-refractivity contribution in [2.75, 3.05) is 19.0 Å². The molecule has 0 unspecified atom stereocenters. The molecule has 0 saturated carbocycles. The lowest BCUT2D eigenvalue weighted by atomic mass is 9.35. The lowest BCUT2D eigenvalue weighted by molar-refractivity contribution is -0.856. The Labute approximate surface area is 220 Å². The number of nitrogens with zero attached hydrogens (tertiary/aromatic N) is 2. The van der Waals surface area contributed by atoms with Gasteiger partial charge in [-0.1, -0.05) is 54.6 Å². The minimum atomic E-state index is -0.0242. The lowest BCUT2D eigenvalue weighted by Crippen LogP contribution is -2.55. The van der Waals surface area contributed by atoms with E-state index in [0.717, 1.165) is 49.4 Å². The van der Waals surface area contributed by atoms with Crippen LogP contribution in [0.5, 0.6) is 23.0 Å². The van der Waals surface area contributed by atoms with Gasteiger partial charge in [0.15, 0.2) is 6.17 Å². The molecule has 0 saturated heterocycles. The first-order valence-corrected chi connectivity index (χ1v) is 12.9. The molecular weight excluding hydrogens is 455 g/mol. The summed E-state index contributed by atoms with van der Waals surface area (Å²) in [4.78, 5) is 2.38. The van der Waals surface area contributed by atoms with Gasteiger partial charge in [0.1, 0.15) is 29.2 Å². The molecule has 4 nitrogen and oxygen atoms in total. The average molecular weight is 487 g/mol. The van der Waals surface area contributed by atoms with Gasteiger partial charge in [0.2, 0.25) is 0 Å². The Bertz CT molecular complexity index is 1530. The van der Waals surface area contributed by atoms with E-state index >= 15 is 0 Å². The molecule has 0 bridgehead atoms. The van der Waals surface area contributed by atoms with Crippen molar-refractivity contribution in [3.05, 3.63) is 108 Å². The summed E-state index contributed by atoms with van der Waals surface area (Å²) in [5.41, 5.74) is 6.93. The molecule has 0 N–H and O–H groups in total. The molecule has 37 heavy (non-hydrogen) atoms. The van der Waals surface area contributed by atoms with E-state index < -0.39 is 0 Å². The van der Waals surface area contributed by atoms with Gasteiger partial charge in [-0.2, -0.15) is 0 Å². The summed E-state index contributed by atoms with van der Waals surface area (Å²) in [6, 6.07) is 29.4. The first-order valence-electron chi connectivity index (χ1n) is 12.9. The highest BCUT2D eigenvalue weighted by atomic mass is 16.5. The second kappa shape index (κ2) is 8.86. The van der Waals surface area contributed by atoms with Crippen molar-refractivity contribution < 1.29 is 14.0 Å². The number of benzene rings is 4. The summed E-state index contributed by atoms with van der Waals surface area (Å²) < 4.78 is 13.9. The Balaban J connectivity index is 1.52. The van der Waals surface area contributed by atoms with Crippen molar-refractivity contribution in [2.24, 2.45) is 0 Å². The van der Waals surface area contributed by atoms with Gasteiger partial charge in [0.25, 0.3) is 6.71 Å². The number of hydrogen-bond acceptors (Lipinski definition) is 3. The summed E-state index contributed by atoms with van der Waals surface area (Å²) in [5.74, 6) is 3.53. The lowest BCUT2D eigenvalue weighted by Gasteiger charge is -2.34. The van der Waals surface area contributed by atoms with E-state index in [1.807, 2.05) is 30.3 Å². The molecule has 4 aromatic carbocycles. The number of quaternary nitrogens is 1. The van der Waals surface area contributed by atoms with Crippen LogP contribution in [-0.4, -0.2) is 31.5 Å². The molecule has 2 aliphatic heterocycles. The van der Waals surface area contributed by atoms with Crippen LogP contribution < -0.4 is 30.8 Å². The maximum Gasteiger partial charge on any atom is 0.255 e. The highest BCUT2D eigenvalue weighted by Gasteiger charge is 2.38. The number of anilines is 1. The maximum atomic E-state index is 6.56. The third-order valence-corrected chi connectivity index (χ3v) is 7.89. The fourth-order valence-corrected chi connectivity index (χ4v) is 5.41. The predicted octanol–water partition coefficient (Wildman–Crippen LogP) is 5.43. The highest BCUT2D eigenvalue weighted by molar-refractivity contribution is 6.97. The summed E-state index contributed by atoms with van der Waals surface area (Å²) >= 11 is 0. The quantitative estimate of drug-likeness (QED) is 0.249. The first-order chi connectivity index (χ1) is 17.8. The number of fused-ring (bicyclic) bond motifs is 2. The van der Waals surface area contributed by atoms with Gasteiger partial charge in [0, 0.05) is 12.6 Å². The Morgan fingerprint density at radius 3 is 2.16 bits per heavy atom. The molecule has 184 valence electrons. The fraction of sp³-hybridized carbons (Fsp3) is 0.188. The van der Waals surface area contributed by atoms with Gasteiger partial charge in [-0.3, -0.25) is 9.38 Å². The zero-order valence-corrected chi connectivity index (χ0v) is 22.1. The molecule has 6 rings (SSSR count). The van der Waals surface area contributed by atoms with Gasteiger partial charge in [-0.15, -0.1) is 0 Å². The summed E-state index contributed by atoms with van der Waals surface area (Å²) in [5, 5.41) is 0. The molecule has 0 aromatic heterocycles. The van der Waals surface area contributed by atoms with Crippen LogP contribution in [0, 0.1) is 13.8 Å². The normalized spacial score (nSPS) is 17.3. The van der Waals surface area contributed by atoms with Crippen LogP contribution in [-0.2, 0) is 0 Å². The van der Waals surface area contributed by atoms with Crippen LogP contribution in [0.25, 0.3) is 0 Å². The van der Waals surface area contributed by atoms with Crippen LogP contribution in [0.3, 0.4) is 0 Å². The van der Waals surface area contributed by atoms with Crippen LogP contribution in [0.4, 0.5) is 5.69 Å². The van der Waals surface area contributed by atoms with E-state index in [1.54, 1.807) is 0 Å². The van der Waals surface area contributed by atoms with Crippen LogP contribution in [0.1, 0.15) is 18.1 Å². The zero-order chi connectivity index (χ0) is 25.7. The summed E-state index contributed by atoms with van der Waals surface area (Å²) in [6.45, 7) is 6.50. The Kier molecular flexibility index (Phi) is 5.61. The van der Waals surface area contributed by atoms with Crippen LogP contribution >= 0.6 is 0 Å². The van der Waals surface area contributed by atoms with E-state index in [1.165, 1.54) is 11.3 Å². The molecule has 1 atom stereocenters. The minimum absolute atomic E-state index is 0.0242. The first kappa shape index (κ1) is 23.4. The number of rotatable bonds is 4. The van der Waals surface area contributed by atoms with Crippen molar-refractivity contribution in [1.29, 1.82) is 0 Å². The van der Waals surface area contributed by atoms with E-state index in [4.69, 9.17) is 9.47 Å². The van der Waals surface area contributed by atoms with Crippen molar-refractivity contribution in [3.8, 4) is 23.0 Å². The van der Waals surface area contributed by atoms with Gasteiger partial charge in [-0.25, -0.2) is 0 Å². The molecule has 4 aromatic rings.